The summed E-state index contributed by atoms with van der Waals surface area (Å²) in [6, 6.07) is 0. The van der Waals surface area contributed by atoms with Gasteiger partial charge in [-0.05, 0) is 54.3 Å². The maximum absolute atomic E-state index is 6.12. The highest BCUT2D eigenvalue weighted by Gasteiger charge is 2.23. The predicted molar refractivity (Wildman–Crippen MR) is 63.7 cm³/mol. The van der Waals surface area contributed by atoms with Crippen LogP contribution in [0.4, 0.5) is 0 Å². The Morgan fingerprint density at radius 2 is 1.93 bits per heavy atom. The van der Waals surface area contributed by atoms with Crippen molar-refractivity contribution in [3.05, 3.63) is 32.0 Å². The minimum Gasteiger partial charge on any atom is -0.240 e. The van der Waals surface area contributed by atoms with E-state index in [2.05, 4.69) is 34.8 Å². The zero-order valence-electron chi connectivity index (χ0n) is 8.41. The molecular weight excluding hydrogens is 261 g/mol. The molecule has 0 bridgehead atoms. The number of pyridine rings is 1. The lowest BCUT2D eigenvalue weighted by molar-refractivity contribution is 1.10. The number of allylic oxidation sites excluding steroid dienone is 2. The van der Waals surface area contributed by atoms with Gasteiger partial charge in [-0.25, -0.2) is 4.98 Å². The molecule has 0 saturated carbocycles. The van der Waals surface area contributed by atoms with Crippen molar-refractivity contribution in [2.75, 3.05) is 0 Å². The van der Waals surface area contributed by atoms with Crippen LogP contribution in [0.5, 0.6) is 0 Å². The van der Waals surface area contributed by atoms with Gasteiger partial charge in [0.2, 0.25) is 0 Å². The summed E-state index contributed by atoms with van der Waals surface area (Å²) in [5.41, 5.74) is 6.09. The summed E-state index contributed by atoms with van der Waals surface area (Å²) in [7, 11) is 0. The molecule has 0 aromatic carbocycles. The number of fused-ring (bicyclic) bond motifs is 1. The van der Waals surface area contributed by atoms with Gasteiger partial charge in [0.15, 0.2) is 0 Å². The summed E-state index contributed by atoms with van der Waals surface area (Å²) in [6.45, 7) is 6.26. The van der Waals surface area contributed by atoms with Crippen molar-refractivity contribution in [1.29, 1.82) is 0 Å². The largest absolute Gasteiger partial charge is 0.240 e. The first-order chi connectivity index (χ1) is 6.52. The minimum atomic E-state index is 0.650. The van der Waals surface area contributed by atoms with Crippen LogP contribution in [-0.4, -0.2) is 4.98 Å². The van der Waals surface area contributed by atoms with Gasteiger partial charge in [0.1, 0.15) is 5.15 Å². The highest BCUT2D eigenvalue weighted by Crippen LogP contribution is 2.40. The van der Waals surface area contributed by atoms with Gasteiger partial charge >= 0.3 is 0 Å². The zero-order valence-corrected chi connectivity index (χ0v) is 10.8. The molecule has 1 aliphatic rings. The highest BCUT2D eigenvalue weighted by atomic mass is 79.9. The number of nitrogens with zero attached hydrogens (tertiary/aromatic N) is 1. The standard InChI is InChI=1S/C11H11BrClN/c1-5-4-8-9(6(5)2)10(12)7(3)14-11(8)13/h4H2,1-3H3. The first-order valence-electron chi connectivity index (χ1n) is 4.53. The average molecular weight is 273 g/mol. The van der Waals surface area contributed by atoms with Crippen LogP contribution in [0, 0.1) is 6.92 Å². The van der Waals surface area contributed by atoms with E-state index in [4.69, 9.17) is 11.6 Å². The third-order valence-electron chi connectivity index (χ3n) is 2.81. The van der Waals surface area contributed by atoms with E-state index in [1.54, 1.807) is 0 Å². The van der Waals surface area contributed by atoms with Crippen molar-refractivity contribution in [1.82, 2.24) is 4.98 Å². The molecule has 0 fully saturated rings. The van der Waals surface area contributed by atoms with Crippen molar-refractivity contribution in [2.45, 2.75) is 27.2 Å². The number of halogens is 2. The fourth-order valence-corrected chi connectivity index (χ4v) is 2.76. The van der Waals surface area contributed by atoms with Crippen molar-refractivity contribution in [2.24, 2.45) is 0 Å². The van der Waals surface area contributed by atoms with Gasteiger partial charge in [-0.1, -0.05) is 17.2 Å². The van der Waals surface area contributed by atoms with Crippen LogP contribution in [0.3, 0.4) is 0 Å². The Morgan fingerprint density at radius 3 is 2.57 bits per heavy atom. The Hall–Kier alpha value is -0.340. The second kappa shape index (κ2) is 3.35. The molecule has 0 aliphatic heterocycles. The fourth-order valence-electron chi connectivity index (χ4n) is 1.84. The van der Waals surface area contributed by atoms with E-state index in [9.17, 15) is 0 Å². The first kappa shape index (κ1) is 10.2. The maximum atomic E-state index is 6.12. The van der Waals surface area contributed by atoms with Gasteiger partial charge in [0.25, 0.3) is 0 Å². The van der Waals surface area contributed by atoms with Crippen molar-refractivity contribution in [3.8, 4) is 0 Å². The molecule has 74 valence electrons. The Labute approximate surface area is 97.3 Å². The number of aromatic nitrogens is 1. The molecular formula is C11H11BrClN. The summed E-state index contributed by atoms with van der Waals surface area (Å²) in [5.74, 6) is 0. The van der Waals surface area contributed by atoms with Gasteiger partial charge in [-0.2, -0.15) is 0 Å². The lowest BCUT2D eigenvalue weighted by Gasteiger charge is -2.08. The molecule has 1 nitrogen and oxygen atoms in total. The molecule has 1 heterocycles. The van der Waals surface area contributed by atoms with Crippen molar-refractivity contribution in [3.63, 3.8) is 0 Å². The van der Waals surface area contributed by atoms with E-state index in [-0.39, 0.29) is 0 Å². The molecule has 1 aromatic heterocycles. The van der Waals surface area contributed by atoms with Crippen molar-refractivity contribution < 1.29 is 0 Å². The summed E-state index contributed by atoms with van der Waals surface area (Å²) in [4.78, 5) is 4.31. The number of aryl methyl sites for hydroxylation is 1. The Kier molecular flexibility index (Phi) is 2.44. The highest BCUT2D eigenvalue weighted by molar-refractivity contribution is 9.10. The number of hydrogen-bond donors (Lipinski definition) is 0. The predicted octanol–water partition coefficient (Wildman–Crippen LogP) is 4.16. The van der Waals surface area contributed by atoms with Crippen LogP contribution in [0.2, 0.25) is 5.15 Å². The molecule has 0 saturated heterocycles. The monoisotopic (exact) mass is 271 g/mol. The van der Waals surface area contributed by atoms with E-state index in [1.165, 1.54) is 22.3 Å². The van der Waals surface area contributed by atoms with E-state index >= 15 is 0 Å². The van der Waals surface area contributed by atoms with Gasteiger partial charge in [-0.3, -0.25) is 0 Å². The second-order valence-corrected chi connectivity index (χ2v) is 4.89. The number of rotatable bonds is 0. The average Bonchev–Trinajstić information content (AvgIpc) is 2.41. The summed E-state index contributed by atoms with van der Waals surface area (Å²) in [5, 5.41) is 0.650. The Balaban J connectivity index is 2.77. The van der Waals surface area contributed by atoms with Gasteiger partial charge in [0.05, 0.1) is 5.69 Å². The Morgan fingerprint density at radius 1 is 1.29 bits per heavy atom. The van der Waals surface area contributed by atoms with Gasteiger partial charge < -0.3 is 0 Å². The van der Waals surface area contributed by atoms with Crippen LogP contribution in [0.1, 0.15) is 30.7 Å². The van der Waals surface area contributed by atoms with Crippen LogP contribution in [0.25, 0.3) is 5.57 Å². The van der Waals surface area contributed by atoms with Gasteiger partial charge in [-0.15, -0.1) is 0 Å². The third-order valence-corrected chi connectivity index (χ3v) is 4.09. The molecule has 1 aromatic rings. The maximum Gasteiger partial charge on any atom is 0.133 e. The van der Waals surface area contributed by atoms with Crippen molar-refractivity contribution >= 4 is 33.1 Å². The molecule has 2 rings (SSSR count). The summed E-state index contributed by atoms with van der Waals surface area (Å²) < 4.78 is 1.09. The molecule has 0 amide bonds. The first-order valence-corrected chi connectivity index (χ1v) is 5.70. The lowest BCUT2D eigenvalue weighted by atomic mass is 10.1. The molecule has 14 heavy (non-hydrogen) atoms. The molecule has 0 radical (unpaired) electrons. The molecule has 1 aliphatic carbocycles. The molecule has 0 unspecified atom stereocenters. The van der Waals surface area contributed by atoms with E-state index in [1.807, 2.05) is 6.92 Å². The van der Waals surface area contributed by atoms with Crippen LogP contribution in [-0.2, 0) is 6.42 Å². The van der Waals surface area contributed by atoms with E-state index in [0.717, 1.165) is 16.6 Å². The fraction of sp³-hybridized carbons (Fsp3) is 0.364. The van der Waals surface area contributed by atoms with Gasteiger partial charge in [0, 0.05) is 10.0 Å². The van der Waals surface area contributed by atoms with Crippen LogP contribution >= 0.6 is 27.5 Å². The summed E-state index contributed by atoms with van der Waals surface area (Å²) in [6.07, 6.45) is 0.936. The molecule has 0 N–H and O–H groups in total. The summed E-state index contributed by atoms with van der Waals surface area (Å²) >= 11 is 9.70. The van der Waals surface area contributed by atoms with E-state index < -0.39 is 0 Å². The topological polar surface area (TPSA) is 12.9 Å². The SMILES string of the molecule is CC1=C(C)c2c(Br)c(C)nc(Cl)c2C1. The van der Waals surface area contributed by atoms with Crippen LogP contribution in [0.15, 0.2) is 10.0 Å². The van der Waals surface area contributed by atoms with Crippen LogP contribution < -0.4 is 0 Å². The molecule has 3 heteroatoms. The quantitative estimate of drug-likeness (QED) is 0.646. The zero-order chi connectivity index (χ0) is 10.5. The minimum absolute atomic E-state index is 0.650. The molecule has 0 atom stereocenters. The third kappa shape index (κ3) is 1.32. The second-order valence-electron chi connectivity index (χ2n) is 3.74. The van der Waals surface area contributed by atoms with E-state index in [0.29, 0.717) is 5.15 Å². The lowest BCUT2D eigenvalue weighted by Crippen LogP contribution is -1.94. The Bertz CT molecular complexity index is 449. The molecule has 0 spiro atoms. The number of hydrogen-bond acceptors (Lipinski definition) is 1. The normalized spacial score (nSPS) is 14.9. The smallest absolute Gasteiger partial charge is 0.133 e.